The summed E-state index contributed by atoms with van der Waals surface area (Å²) in [5.74, 6) is 1.37. The van der Waals surface area contributed by atoms with Crippen LogP contribution in [0.3, 0.4) is 0 Å². The van der Waals surface area contributed by atoms with Gasteiger partial charge in [0.05, 0.1) is 0 Å². The van der Waals surface area contributed by atoms with Crippen LogP contribution in [0.5, 0.6) is 0 Å². The van der Waals surface area contributed by atoms with Gasteiger partial charge in [-0.05, 0) is 19.4 Å². The van der Waals surface area contributed by atoms with E-state index in [2.05, 4.69) is 37.7 Å². The van der Waals surface area contributed by atoms with Crippen molar-refractivity contribution in [3.63, 3.8) is 0 Å². The number of H-pyrrole nitrogens is 1. The van der Waals surface area contributed by atoms with Crippen molar-refractivity contribution in [2.45, 2.75) is 33.6 Å². The Kier molecular flexibility index (Phi) is 2.64. The summed E-state index contributed by atoms with van der Waals surface area (Å²) < 4.78 is 0.825. The number of nitrogens with one attached hydrogen (secondary N) is 1. The molecule has 0 saturated carbocycles. The van der Waals surface area contributed by atoms with Crippen LogP contribution < -0.4 is 0 Å². The molecule has 0 aliphatic heterocycles. The summed E-state index contributed by atoms with van der Waals surface area (Å²) >= 11 is 7.10. The fourth-order valence-corrected chi connectivity index (χ4v) is 3.01. The van der Waals surface area contributed by atoms with E-state index in [-0.39, 0.29) is 0 Å². The predicted octanol–water partition coefficient (Wildman–Crippen LogP) is 4.09. The lowest BCUT2D eigenvalue weighted by Gasteiger charge is -2.04. The third-order valence-electron chi connectivity index (χ3n) is 2.60. The normalized spacial score (nSPS) is 11.5. The molecule has 2 heterocycles. The van der Waals surface area contributed by atoms with Crippen molar-refractivity contribution in [2.24, 2.45) is 0 Å². The van der Waals surface area contributed by atoms with Gasteiger partial charge in [-0.3, -0.25) is 0 Å². The van der Waals surface area contributed by atoms with Crippen LogP contribution in [0.15, 0.2) is 0 Å². The molecule has 2 nitrogen and oxygen atoms in total. The van der Waals surface area contributed by atoms with Crippen LogP contribution in [-0.4, -0.2) is 9.97 Å². The van der Waals surface area contributed by atoms with Gasteiger partial charge in [-0.25, -0.2) is 4.98 Å². The van der Waals surface area contributed by atoms with E-state index in [4.69, 9.17) is 12.2 Å². The summed E-state index contributed by atoms with van der Waals surface area (Å²) in [5, 5.41) is 1.12. The van der Waals surface area contributed by atoms with E-state index in [0.29, 0.717) is 5.92 Å². The van der Waals surface area contributed by atoms with E-state index >= 15 is 0 Å². The molecule has 2 rings (SSSR count). The van der Waals surface area contributed by atoms with Crippen LogP contribution in [0.1, 0.15) is 36.0 Å². The predicted molar refractivity (Wildman–Crippen MR) is 68.4 cm³/mol. The van der Waals surface area contributed by atoms with Crippen molar-refractivity contribution >= 4 is 33.8 Å². The minimum atomic E-state index is 0.388. The molecule has 0 radical (unpaired) electrons. The van der Waals surface area contributed by atoms with Gasteiger partial charge >= 0.3 is 0 Å². The lowest BCUT2D eigenvalue weighted by atomic mass is 10.2. The summed E-state index contributed by atoms with van der Waals surface area (Å²) in [4.78, 5) is 10.2. The summed E-state index contributed by atoms with van der Waals surface area (Å²) in [6.45, 7) is 8.46. The molecule has 0 amide bonds. The van der Waals surface area contributed by atoms with Crippen molar-refractivity contribution in [3.8, 4) is 0 Å². The van der Waals surface area contributed by atoms with Gasteiger partial charge in [-0.2, -0.15) is 0 Å². The van der Waals surface area contributed by atoms with Crippen molar-refractivity contribution in [1.82, 2.24) is 9.97 Å². The number of aryl methyl sites for hydroxylation is 2. The summed E-state index contributed by atoms with van der Waals surface area (Å²) in [7, 11) is 0. The highest BCUT2D eigenvalue weighted by atomic mass is 32.1. The average Bonchev–Trinajstić information content (AvgIpc) is 2.42. The molecule has 0 unspecified atom stereocenters. The van der Waals surface area contributed by atoms with Gasteiger partial charge in [0.2, 0.25) is 0 Å². The fraction of sp³-hybridized carbons (Fsp3) is 0.455. The minimum Gasteiger partial charge on any atom is -0.334 e. The van der Waals surface area contributed by atoms with Crippen molar-refractivity contribution in [3.05, 3.63) is 20.9 Å². The van der Waals surface area contributed by atoms with Gasteiger partial charge in [0.1, 0.15) is 15.3 Å². The zero-order valence-corrected chi connectivity index (χ0v) is 11.0. The highest BCUT2D eigenvalue weighted by Crippen LogP contribution is 2.29. The zero-order valence-electron chi connectivity index (χ0n) is 9.34. The van der Waals surface area contributed by atoms with Crippen molar-refractivity contribution in [1.29, 1.82) is 0 Å². The second-order valence-corrected chi connectivity index (χ2v) is 5.68. The Bertz CT molecular complexity index is 564. The van der Waals surface area contributed by atoms with Crippen LogP contribution in [0, 0.1) is 18.5 Å². The molecular formula is C11H14N2S2. The fourth-order valence-electron chi connectivity index (χ4n) is 1.54. The maximum absolute atomic E-state index is 5.37. The molecule has 2 aromatic heterocycles. The first kappa shape index (κ1) is 10.8. The topological polar surface area (TPSA) is 28.7 Å². The van der Waals surface area contributed by atoms with Crippen molar-refractivity contribution in [2.75, 3.05) is 0 Å². The van der Waals surface area contributed by atoms with Crippen LogP contribution in [0.25, 0.3) is 10.2 Å². The van der Waals surface area contributed by atoms with Crippen LogP contribution in [0.2, 0.25) is 0 Å². The number of fused-ring (bicyclic) bond motifs is 1. The SMILES string of the molecule is Cc1sc2nc(C(C)C)[nH]c(=S)c2c1C. The Morgan fingerprint density at radius 3 is 2.60 bits per heavy atom. The van der Waals surface area contributed by atoms with E-state index in [1.165, 1.54) is 10.4 Å². The van der Waals surface area contributed by atoms with Crippen LogP contribution in [-0.2, 0) is 0 Å². The van der Waals surface area contributed by atoms with E-state index in [9.17, 15) is 0 Å². The summed E-state index contributed by atoms with van der Waals surface area (Å²) in [6.07, 6.45) is 0. The van der Waals surface area contributed by atoms with Gasteiger partial charge < -0.3 is 4.98 Å². The molecule has 2 aromatic rings. The molecule has 0 aliphatic carbocycles. The Labute approximate surface area is 98.4 Å². The molecule has 0 aliphatic rings. The van der Waals surface area contributed by atoms with E-state index in [1.807, 2.05) is 0 Å². The third kappa shape index (κ3) is 1.72. The Hall–Kier alpha value is -0.740. The second-order valence-electron chi connectivity index (χ2n) is 4.07. The van der Waals surface area contributed by atoms with Crippen LogP contribution in [0.4, 0.5) is 0 Å². The Balaban J connectivity index is 2.85. The molecule has 0 spiro atoms. The number of hydrogen-bond donors (Lipinski definition) is 1. The number of aromatic nitrogens is 2. The molecule has 0 bridgehead atoms. The highest BCUT2D eigenvalue weighted by Gasteiger charge is 2.10. The van der Waals surface area contributed by atoms with Crippen LogP contribution >= 0.6 is 23.6 Å². The maximum atomic E-state index is 5.37. The number of hydrogen-bond acceptors (Lipinski definition) is 3. The zero-order chi connectivity index (χ0) is 11.2. The minimum absolute atomic E-state index is 0.388. The van der Waals surface area contributed by atoms with Crippen molar-refractivity contribution < 1.29 is 0 Å². The first-order valence-electron chi connectivity index (χ1n) is 5.00. The standard InChI is InChI=1S/C11H14N2S2/c1-5(2)9-12-10(14)8-6(3)7(4)15-11(8)13-9/h5H,1-4H3,(H,12,13,14). The summed E-state index contributed by atoms with van der Waals surface area (Å²) in [6, 6.07) is 0. The molecule has 80 valence electrons. The van der Waals surface area contributed by atoms with Gasteiger partial charge in [-0.1, -0.05) is 26.1 Å². The maximum Gasteiger partial charge on any atom is 0.128 e. The molecule has 0 aromatic carbocycles. The van der Waals surface area contributed by atoms with Gasteiger partial charge in [0.25, 0.3) is 0 Å². The second kappa shape index (κ2) is 3.68. The number of rotatable bonds is 1. The van der Waals surface area contributed by atoms with Gasteiger partial charge in [-0.15, -0.1) is 11.3 Å². The molecule has 15 heavy (non-hydrogen) atoms. The Morgan fingerprint density at radius 2 is 2.00 bits per heavy atom. The molecular weight excluding hydrogens is 224 g/mol. The third-order valence-corrected chi connectivity index (χ3v) is 4.01. The summed E-state index contributed by atoms with van der Waals surface area (Å²) in [5.41, 5.74) is 1.26. The van der Waals surface area contributed by atoms with Gasteiger partial charge in [0, 0.05) is 16.2 Å². The quantitative estimate of drug-likeness (QED) is 0.758. The van der Waals surface area contributed by atoms with E-state index in [0.717, 1.165) is 20.7 Å². The Morgan fingerprint density at radius 1 is 1.33 bits per heavy atom. The molecule has 0 atom stereocenters. The number of nitrogens with zero attached hydrogens (tertiary/aromatic N) is 1. The first-order valence-corrected chi connectivity index (χ1v) is 6.23. The van der Waals surface area contributed by atoms with E-state index < -0.39 is 0 Å². The monoisotopic (exact) mass is 238 g/mol. The number of thiophene rings is 1. The molecule has 4 heteroatoms. The largest absolute Gasteiger partial charge is 0.334 e. The smallest absolute Gasteiger partial charge is 0.128 e. The lowest BCUT2D eigenvalue weighted by Crippen LogP contribution is -1.97. The average molecular weight is 238 g/mol. The number of aromatic amines is 1. The first-order chi connectivity index (χ1) is 7.00. The lowest BCUT2D eigenvalue weighted by molar-refractivity contribution is 0.782. The molecule has 1 N–H and O–H groups in total. The highest BCUT2D eigenvalue weighted by molar-refractivity contribution is 7.71. The molecule has 0 fully saturated rings. The van der Waals surface area contributed by atoms with Gasteiger partial charge in [0.15, 0.2) is 0 Å². The van der Waals surface area contributed by atoms with E-state index in [1.54, 1.807) is 11.3 Å². The molecule has 0 saturated heterocycles.